The Morgan fingerprint density at radius 2 is 2.10 bits per heavy atom. The minimum absolute atomic E-state index is 0.0574. The molecule has 0 aromatic rings. The van der Waals surface area contributed by atoms with Crippen LogP contribution < -0.4 is 0 Å². The quantitative estimate of drug-likeness (QED) is 0.688. The maximum atomic E-state index is 12.1. The highest BCUT2D eigenvalue weighted by molar-refractivity contribution is 7.89. The van der Waals surface area contributed by atoms with E-state index in [4.69, 9.17) is 4.74 Å². The Balaban J connectivity index is 2.43. The van der Waals surface area contributed by atoms with Crippen molar-refractivity contribution >= 4 is 15.9 Å². The Morgan fingerprint density at radius 1 is 1.40 bits per heavy atom. The fourth-order valence-corrected chi connectivity index (χ4v) is 3.07. The van der Waals surface area contributed by atoms with Crippen molar-refractivity contribution in [1.82, 2.24) is 9.21 Å². The molecule has 6 nitrogen and oxygen atoms in total. The van der Waals surface area contributed by atoms with Crippen molar-refractivity contribution in [1.29, 1.82) is 0 Å². The van der Waals surface area contributed by atoms with Gasteiger partial charge in [0.25, 0.3) is 0 Å². The number of ether oxygens (including phenoxy) is 1. The van der Waals surface area contributed by atoms with Crippen LogP contribution in [0.4, 0.5) is 0 Å². The molecule has 0 bridgehead atoms. The Morgan fingerprint density at radius 3 is 2.70 bits per heavy atom. The third kappa shape index (κ3) is 5.38. The van der Waals surface area contributed by atoms with Gasteiger partial charge in [-0.3, -0.25) is 4.79 Å². The molecule has 20 heavy (non-hydrogen) atoms. The highest BCUT2D eigenvalue weighted by atomic mass is 32.2. The van der Waals surface area contributed by atoms with Gasteiger partial charge in [0.1, 0.15) is 0 Å². The minimum Gasteiger partial charge on any atom is -0.381 e. The van der Waals surface area contributed by atoms with Gasteiger partial charge in [0.15, 0.2) is 0 Å². The lowest BCUT2D eigenvalue weighted by molar-refractivity contribution is -0.133. The summed E-state index contributed by atoms with van der Waals surface area (Å²) < 4.78 is 29.9. The number of carbonyl (C=O) groups is 1. The Labute approximate surface area is 122 Å². The summed E-state index contributed by atoms with van der Waals surface area (Å²) in [5.41, 5.74) is 0. The molecule has 7 heteroatoms. The summed E-state index contributed by atoms with van der Waals surface area (Å²) in [7, 11) is -0.329. The van der Waals surface area contributed by atoms with Crippen LogP contribution in [-0.4, -0.2) is 69.7 Å². The van der Waals surface area contributed by atoms with Gasteiger partial charge < -0.3 is 9.64 Å². The first-order valence-corrected chi connectivity index (χ1v) is 8.73. The van der Waals surface area contributed by atoms with Crippen LogP contribution in [-0.2, 0) is 19.6 Å². The predicted octanol–water partition coefficient (Wildman–Crippen LogP) is 0.543. The van der Waals surface area contributed by atoms with E-state index in [-0.39, 0.29) is 18.1 Å². The first-order chi connectivity index (χ1) is 9.36. The molecule has 0 saturated carbocycles. The van der Waals surface area contributed by atoms with E-state index in [0.717, 1.165) is 23.7 Å². The molecule has 0 aromatic carbocycles. The van der Waals surface area contributed by atoms with Crippen molar-refractivity contribution in [3.63, 3.8) is 0 Å². The number of amides is 1. The monoisotopic (exact) mass is 306 g/mol. The fraction of sp³-hybridized carbons (Fsp3) is 0.923. The number of nitrogens with zero attached hydrogens (tertiary/aromatic N) is 2. The molecule has 0 N–H and O–H groups in total. The van der Waals surface area contributed by atoms with Gasteiger partial charge in [-0.2, -0.15) is 0 Å². The second kappa shape index (κ2) is 7.95. The van der Waals surface area contributed by atoms with Crippen LogP contribution in [0.2, 0.25) is 0 Å². The van der Waals surface area contributed by atoms with E-state index in [1.807, 2.05) is 6.92 Å². The maximum absolute atomic E-state index is 12.1. The first-order valence-electron chi connectivity index (χ1n) is 7.12. The topological polar surface area (TPSA) is 66.9 Å². The Bertz CT molecular complexity index is 409. The zero-order valence-electron chi connectivity index (χ0n) is 12.7. The van der Waals surface area contributed by atoms with Crippen molar-refractivity contribution in [2.24, 2.45) is 5.92 Å². The molecule has 1 rings (SSSR count). The van der Waals surface area contributed by atoms with Crippen LogP contribution >= 0.6 is 0 Å². The molecule has 1 amide bonds. The molecule has 1 unspecified atom stereocenters. The molecule has 0 aliphatic carbocycles. The Kier molecular flexibility index (Phi) is 6.91. The lowest BCUT2D eigenvalue weighted by atomic mass is 9.99. The summed E-state index contributed by atoms with van der Waals surface area (Å²) >= 11 is 0. The van der Waals surface area contributed by atoms with Gasteiger partial charge in [-0.15, -0.1) is 0 Å². The molecule has 1 fully saturated rings. The van der Waals surface area contributed by atoms with Crippen molar-refractivity contribution < 1.29 is 17.9 Å². The largest absolute Gasteiger partial charge is 0.381 e. The number of hydrogen-bond donors (Lipinski definition) is 0. The lowest BCUT2D eigenvalue weighted by Crippen LogP contribution is -2.42. The molecule has 1 heterocycles. The smallest absolute Gasteiger partial charge is 0.223 e. The van der Waals surface area contributed by atoms with Crippen LogP contribution in [0.3, 0.4) is 0 Å². The molecular weight excluding hydrogens is 280 g/mol. The second-order valence-corrected chi connectivity index (χ2v) is 7.66. The summed E-state index contributed by atoms with van der Waals surface area (Å²) in [6, 6.07) is 0. The van der Waals surface area contributed by atoms with Crippen LogP contribution in [0.15, 0.2) is 0 Å². The lowest BCUT2D eigenvalue weighted by Gasteiger charge is -2.32. The highest BCUT2D eigenvalue weighted by Gasteiger charge is 2.25. The van der Waals surface area contributed by atoms with Gasteiger partial charge in [0.2, 0.25) is 15.9 Å². The summed E-state index contributed by atoms with van der Waals surface area (Å²) in [5.74, 6) is 0.181. The highest BCUT2D eigenvalue weighted by Crippen LogP contribution is 2.17. The third-order valence-corrected chi connectivity index (χ3v) is 5.39. The van der Waals surface area contributed by atoms with Gasteiger partial charge in [-0.1, -0.05) is 0 Å². The molecule has 0 spiro atoms. The maximum Gasteiger partial charge on any atom is 0.223 e. The van der Waals surface area contributed by atoms with E-state index in [2.05, 4.69) is 0 Å². The van der Waals surface area contributed by atoms with E-state index in [9.17, 15) is 13.2 Å². The van der Waals surface area contributed by atoms with E-state index in [1.54, 1.807) is 4.90 Å². The number of likely N-dealkylation sites (tertiary alicyclic amines) is 1. The normalized spacial score (nSPS) is 20.4. The summed E-state index contributed by atoms with van der Waals surface area (Å²) in [6.07, 6.45) is 2.09. The second-order valence-electron chi connectivity index (χ2n) is 5.36. The van der Waals surface area contributed by atoms with Gasteiger partial charge in [0, 0.05) is 40.2 Å². The van der Waals surface area contributed by atoms with E-state index in [1.165, 1.54) is 14.1 Å². The van der Waals surface area contributed by atoms with E-state index < -0.39 is 10.0 Å². The first kappa shape index (κ1) is 17.4. The molecular formula is C13H26N2O4S. The predicted molar refractivity (Wildman–Crippen MR) is 77.9 cm³/mol. The van der Waals surface area contributed by atoms with E-state index >= 15 is 0 Å². The number of hydrogen-bond acceptors (Lipinski definition) is 4. The van der Waals surface area contributed by atoms with Gasteiger partial charge in [0.05, 0.1) is 12.4 Å². The number of carbonyl (C=O) groups excluding carboxylic acids is 1. The van der Waals surface area contributed by atoms with Crippen molar-refractivity contribution in [3.05, 3.63) is 0 Å². The zero-order valence-corrected chi connectivity index (χ0v) is 13.5. The van der Waals surface area contributed by atoms with Crippen LogP contribution in [0.25, 0.3) is 0 Å². The average Bonchev–Trinajstić information content (AvgIpc) is 2.42. The number of rotatable bonds is 7. The van der Waals surface area contributed by atoms with Crippen molar-refractivity contribution in [2.75, 3.05) is 46.2 Å². The molecule has 0 aromatic heterocycles. The Hall–Kier alpha value is -0.660. The molecule has 0 radical (unpaired) electrons. The van der Waals surface area contributed by atoms with Crippen molar-refractivity contribution in [2.45, 2.75) is 26.2 Å². The molecule has 1 saturated heterocycles. The molecule has 1 atom stereocenters. The van der Waals surface area contributed by atoms with E-state index in [0.29, 0.717) is 25.7 Å². The number of piperidine rings is 1. The number of sulfonamides is 1. The minimum atomic E-state index is -3.30. The van der Waals surface area contributed by atoms with Crippen LogP contribution in [0.5, 0.6) is 0 Å². The van der Waals surface area contributed by atoms with Crippen molar-refractivity contribution in [3.8, 4) is 0 Å². The standard InChI is InChI=1S/C13H26N2O4S/c1-4-19-11-12-6-5-8-15(10-12)13(16)7-9-20(17,18)14(2)3/h12H,4-11H2,1-3H3. The van der Waals surface area contributed by atoms with Crippen LogP contribution in [0.1, 0.15) is 26.2 Å². The summed E-state index contributed by atoms with van der Waals surface area (Å²) in [6.45, 7) is 4.73. The van der Waals surface area contributed by atoms with Crippen LogP contribution in [0, 0.1) is 5.92 Å². The zero-order chi connectivity index (χ0) is 15.2. The summed E-state index contributed by atoms with van der Waals surface area (Å²) in [5, 5.41) is 0. The summed E-state index contributed by atoms with van der Waals surface area (Å²) in [4.78, 5) is 13.9. The molecule has 118 valence electrons. The molecule has 1 aliphatic rings. The SMILES string of the molecule is CCOCC1CCCN(C(=O)CCS(=O)(=O)N(C)C)C1. The third-order valence-electron chi connectivity index (χ3n) is 3.56. The average molecular weight is 306 g/mol. The van der Waals surface area contributed by atoms with Gasteiger partial charge in [-0.05, 0) is 25.7 Å². The van der Waals surface area contributed by atoms with Gasteiger partial charge >= 0.3 is 0 Å². The fourth-order valence-electron chi connectivity index (χ4n) is 2.27. The molecule has 1 aliphatic heterocycles. The van der Waals surface area contributed by atoms with Gasteiger partial charge in [-0.25, -0.2) is 12.7 Å².